The fourth-order valence-electron chi connectivity index (χ4n) is 2.90. The molecular formula is C21H32O6. The van der Waals surface area contributed by atoms with Crippen LogP contribution in [0.15, 0.2) is 30.3 Å². The maximum Gasteiger partial charge on any atom is 0.357 e. The van der Waals surface area contributed by atoms with Crippen LogP contribution in [0.2, 0.25) is 0 Å². The van der Waals surface area contributed by atoms with Crippen LogP contribution in [0.3, 0.4) is 0 Å². The number of hydrogen-bond acceptors (Lipinski definition) is 6. The van der Waals surface area contributed by atoms with E-state index in [1.54, 1.807) is 0 Å². The van der Waals surface area contributed by atoms with Crippen molar-refractivity contribution in [2.75, 3.05) is 7.11 Å². The highest BCUT2D eigenvalue weighted by Gasteiger charge is 2.35. The molecule has 0 N–H and O–H groups in total. The van der Waals surface area contributed by atoms with Crippen molar-refractivity contribution in [1.82, 2.24) is 0 Å². The topological polar surface area (TPSA) is 71.1 Å². The van der Waals surface area contributed by atoms with E-state index in [1.165, 1.54) is 7.11 Å². The van der Waals surface area contributed by atoms with E-state index in [0.29, 0.717) is 12.8 Å². The number of carbonyl (C=O) groups is 2. The molecule has 0 aliphatic rings. The maximum atomic E-state index is 12.6. The molecule has 0 spiro atoms. The molecule has 0 amide bonds. The number of rotatable bonds is 13. The van der Waals surface area contributed by atoms with E-state index in [1.807, 2.05) is 44.2 Å². The van der Waals surface area contributed by atoms with Gasteiger partial charge < -0.3 is 0 Å². The summed E-state index contributed by atoms with van der Waals surface area (Å²) in [5.74, 6) is -2.74. The van der Waals surface area contributed by atoms with Gasteiger partial charge in [-0.1, -0.05) is 70.4 Å². The van der Waals surface area contributed by atoms with Gasteiger partial charge in [-0.25, -0.2) is 9.59 Å². The molecule has 0 heterocycles. The Hall–Kier alpha value is -1.92. The molecule has 0 aliphatic heterocycles. The van der Waals surface area contributed by atoms with E-state index in [4.69, 9.17) is 9.78 Å². The Labute approximate surface area is 162 Å². The maximum absolute atomic E-state index is 12.6. The van der Waals surface area contributed by atoms with E-state index < -0.39 is 23.5 Å². The second kappa shape index (κ2) is 12.5. The van der Waals surface area contributed by atoms with E-state index >= 15 is 0 Å². The minimum Gasteiger partial charge on any atom is -0.298 e. The highest BCUT2D eigenvalue weighted by Crippen LogP contribution is 2.28. The molecule has 1 aromatic carbocycles. The Balaban J connectivity index is 2.80. The Morgan fingerprint density at radius 1 is 0.963 bits per heavy atom. The van der Waals surface area contributed by atoms with Gasteiger partial charge in [0.05, 0.1) is 7.11 Å². The number of unbranched alkanes of at least 4 members (excludes halogenated alkanes) is 2. The van der Waals surface area contributed by atoms with Gasteiger partial charge in [0.25, 0.3) is 0 Å². The van der Waals surface area contributed by atoms with Gasteiger partial charge in [0.1, 0.15) is 5.60 Å². The quantitative estimate of drug-likeness (QED) is 0.216. The van der Waals surface area contributed by atoms with Gasteiger partial charge in [0.2, 0.25) is 0 Å². The van der Waals surface area contributed by atoms with Crippen LogP contribution in [-0.2, 0) is 35.6 Å². The zero-order valence-electron chi connectivity index (χ0n) is 16.9. The summed E-state index contributed by atoms with van der Waals surface area (Å²) in [6, 6.07) is 9.19. The third-order valence-corrected chi connectivity index (χ3v) is 4.84. The van der Waals surface area contributed by atoms with Crippen LogP contribution < -0.4 is 0 Å². The van der Waals surface area contributed by atoms with Crippen LogP contribution in [0.4, 0.5) is 0 Å². The SMILES string of the molecule is CCCCCC(CC)(CC)OOC(=O)C(Cc1ccccc1)C(=O)OOC. The van der Waals surface area contributed by atoms with E-state index in [0.717, 1.165) is 31.2 Å². The fourth-order valence-corrected chi connectivity index (χ4v) is 2.90. The van der Waals surface area contributed by atoms with Gasteiger partial charge in [0, 0.05) is 0 Å². The van der Waals surface area contributed by atoms with Crippen LogP contribution >= 0.6 is 0 Å². The molecule has 6 nitrogen and oxygen atoms in total. The number of benzene rings is 1. The highest BCUT2D eigenvalue weighted by molar-refractivity contribution is 5.94. The zero-order valence-corrected chi connectivity index (χ0v) is 16.9. The van der Waals surface area contributed by atoms with Crippen LogP contribution in [0, 0.1) is 5.92 Å². The van der Waals surface area contributed by atoms with Crippen molar-refractivity contribution in [3.63, 3.8) is 0 Å². The van der Waals surface area contributed by atoms with Crippen molar-refractivity contribution in [2.24, 2.45) is 5.92 Å². The van der Waals surface area contributed by atoms with Gasteiger partial charge in [-0.15, -0.1) is 0 Å². The Morgan fingerprint density at radius 3 is 2.15 bits per heavy atom. The first-order valence-corrected chi connectivity index (χ1v) is 9.69. The van der Waals surface area contributed by atoms with E-state index in [-0.39, 0.29) is 6.42 Å². The lowest BCUT2D eigenvalue weighted by Gasteiger charge is -2.30. The average Bonchev–Trinajstić information content (AvgIpc) is 2.69. The first kappa shape index (κ1) is 23.1. The molecule has 0 aliphatic carbocycles. The molecule has 0 aromatic heterocycles. The lowest BCUT2D eigenvalue weighted by Crippen LogP contribution is -2.36. The summed E-state index contributed by atoms with van der Waals surface area (Å²) in [5.41, 5.74) is 0.278. The molecule has 0 saturated carbocycles. The van der Waals surface area contributed by atoms with Crippen LogP contribution in [0.1, 0.15) is 64.9 Å². The van der Waals surface area contributed by atoms with Crippen molar-refractivity contribution < 1.29 is 29.1 Å². The molecule has 27 heavy (non-hydrogen) atoms. The van der Waals surface area contributed by atoms with E-state index in [9.17, 15) is 9.59 Å². The Bertz CT molecular complexity index is 553. The molecule has 0 fully saturated rings. The first-order valence-electron chi connectivity index (χ1n) is 9.69. The lowest BCUT2D eigenvalue weighted by atomic mass is 9.91. The summed E-state index contributed by atoms with van der Waals surface area (Å²) in [7, 11) is 1.21. The summed E-state index contributed by atoms with van der Waals surface area (Å²) in [6.45, 7) is 6.14. The minimum atomic E-state index is -1.16. The second-order valence-corrected chi connectivity index (χ2v) is 6.64. The van der Waals surface area contributed by atoms with Crippen LogP contribution in [0.25, 0.3) is 0 Å². The molecule has 0 radical (unpaired) electrons. The molecule has 1 unspecified atom stereocenters. The van der Waals surface area contributed by atoms with Crippen LogP contribution in [-0.4, -0.2) is 24.6 Å². The van der Waals surface area contributed by atoms with Gasteiger partial charge >= 0.3 is 11.9 Å². The highest BCUT2D eigenvalue weighted by atomic mass is 17.2. The van der Waals surface area contributed by atoms with Crippen molar-refractivity contribution in [2.45, 2.75) is 71.3 Å². The molecule has 1 rings (SSSR count). The molecular weight excluding hydrogens is 348 g/mol. The van der Waals surface area contributed by atoms with Gasteiger partial charge in [-0.3, -0.25) is 9.78 Å². The van der Waals surface area contributed by atoms with Crippen molar-refractivity contribution in [3.8, 4) is 0 Å². The monoisotopic (exact) mass is 380 g/mol. The standard InChI is InChI=1S/C21H32O6/c1-5-8-12-15-21(6-2,7-3)27-26-20(23)18(19(22)25-24-4)16-17-13-10-9-11-14-17/h9-11,13-14,18H,5-8,12,15-16H2,1-4H3. The van der Waals surface area contributed by atoms with Gasteiger partial charge in [-0.05, 0) is 31.2 Å². The number of hydrogen-bond donors (Lipinski definition) is 0. The van der Waals surface area contributed by atoms with Crippen LogP contribution in [0.5, 0.6) is 0 Å². The number of carbonyl (C=O) groups excluding carboxylic acids is 2. The predicted octanol–water partition coefficient (Wildman–Crippen LogP) is 4.56. The van der Waals surface area contributed by atoms with Crippen molar-refractivity contribution >= 4 is 11.9 Å². The van der Waals surface area contributed by atoms with Crippen molar-refractivity contribution in [1.29, 1.82) is 0 Å². The van der Waals surface area contributed by atoms with E-state index in [2.05, 4.69) is 16.7 Å². The molecule has 0 saturated heterocycles. The van der Waals surface area contributed by atoms with Gasteiger partial charge in [-0.2, -0.15) is 9.78 Å². The normalized spacial score (nSPS) is 12.4. The smallest absolute Gasteiger partial charge is 0.298 e. The average molecular weight is 380 g/mol. The lowest BCUT2D eigenvalue weighted by molar-refractivity contribution is -0.340. The summed E-state index contributed by atoms with van der Waals surface area (Å²) in [6.07, 6.45) is 5.56. The largest absolute Gasteiger partial charge is 0.357 e. The molecule has 152 valence electrons. The zero-order chi connectivity index (χ0) is 20.1. The van der Waals surface area contributed by atoms with Gasteiger partial charge in [0.15, 0.2) is 5.92 Å². The molecule has 1 atom stereocenters. The summed E-state index contributed by atoms with van der Waals surface area (Å²) in [4.78, 5) is 44.4. The third kappa shape index (κ3) is 7.69. The van der Waals surface area contributed by atoms with Crippen molar-refractivity contribution in [3.05, 3.63) is 35.9 Å². The summed E-state index contributed by atoms with van der Waals surface area (Å²) < 4.78 is 0. The minimum absolute atomic E-state index is 0.145. The second-order valence-electron chi connectivity index (χ2n) is 6.64. The molecule has 0 bridgehead atoms. The predicted molar refractivity (Wildman–Crippen MR) is 101 cm³/mol. The molecule has 1 aromatic rings. The summed E-state index contributed by atoms with van der Waals surface area (Å²) in [5, 5.41) is 0. The fraction of sp³-hybridized carbons (Fsp3) is 0.619. The first-order chi connectivity index (χ1) is 13.0. The third-order valence-electron chi connectivity index (χ3n) is 4.84. The Kier molecular flexibility index (Phi) is 10.7. The Morgan fingerprint density at radius 2 is 1.59 bits per heavy atom. The molecule has 6 heteroatoms. The summed E-state index contributed by atoms with van der Waals surface area (Å²) >= 11 is 0.